The topological polar surface area (TPSA) is 62.2 Å². The van der Waals surface area contributed by atoms with Gasteiger partial charge in [-0.15, -0.1) is 11.3 Å². The Kier molecular flexibility index (Phi) is 5.38. The van der Waals surface area contributed by atoms with Gasteiger partial charge in [0.15, 0.2) is 5.13 Å². The lowest BCUT2D eigenvalue weighted by Crippen LogP contribution is -1.96. The molecule has 2 N–H and O–H groups in total. The first-order chi connectivity index (χ1) is 12.5. The third kappa shape index (κ3) is 3.94. The number of hydrogen-bond acceptors (Lipinski definition) is 4. The highest BCUT2D eigenvalue weighted by Crippen LogP contribution is 2.35. The molecule has 0 amide bonds. The quantitative estimate of drug-likeness (QED) is 0.577. The number of carboxylic acids is 1. The van der Waals surface area contributed by atoms with Gasteiger partial charge in [0.2, 0.25) is 0 Å². The summed E-state index contributed by atoms with van der Waals surface area (Å²) in [5, 5.41) is 13.1. The van der Waals surface area contributed by atoms with Gasteiger partial charge in [0.1, 0.15) is 0 Å². The zero-order chi connectivity index (χ0) is 18.7. The van der Waals surface area contributed by atoms with E-state index in [0.717, 1.165) is 29.4 Å². The molecule has 0 radical (unpaired) electrons. The number of benzene rings is 2. The molecule has 5 heteroatoms. The van der Waals surface area contributed by atoms with Gasteiger partial charge in [-0.3, -0.25) is 0 Å². The Balaban J connectivity index is 1.94. The van der Waals surface area contributed by atoms with Crippen molar-refractivity contribution in [1.82, 2.24) is 4.98 Å². The number of aryl methyl sites for hydroxylation is 3. The molecule has 26 heavy (non-hydrogen) atoms. The van der Waals surface area contributed by atoms with Crippen molar-refractivity contribution < 1.29 is 9.90 Å². The standard InChI is InChI=1S/C21H22N2O2S/c1-4-5-18-19(17-12-13(2)6-7-14(17)3)23-21(26-18)22-16-10-8-15(9-11-16)20(24)25/h6-12H,4-5H2,1-3H3,(H,22,23)(H,24,25). The second-order valence-electron chi connectivity index (χ2n) is 6.37. The summed E-state index contributed by atoms with van der Waals surface area (Å²) in [6.45, 7) is 6.38. The first-order valence-corrected chi connectivity index (χ1v) is 9.47. The van der Waals surface area contributed by atoms with Crippen molar-refractivity contribution in [1.29, 1.82) is 0 Å². The van der Waals surface area contributed by atoms with Crippen LogP contribution in [-0.2, 0) is 6.42 Å². The van der Waals surface area contributed by atoms with Crippen molar-refractivity contribution in [2.75, 3.05) is 5.32 Å². The number of nitrogens with one attached hydrogen (secondary N) is 1. The highest BCUT2D eigenvalue weighted by molar-refractivity contribution is 7.16. The van der Waals surface area contributed by atoms with Crippen molar-refractivity contribution >= 4 is 28.1 Å². The maximum Gasteiger partial charge on any atom is 0.335 e. The second-order valence-corrected chi connectivity index (χ2v) is 7.45. The number of carbonyl (C=O) groups is 1. The van der Waals surface area contributed by atoms with Crippen molar-refractivity contribution in [2.24, 2.45) is 0 Å². The third-order valence-corrected chi connectivity index (χ3v) is 5.24. The highest BCUT2D eigenvalue weighted by Gasteiger charge is 2.15. The Morgan fingerprint density at radius 3 is 2.54 bits per heavy atom. The van der Waals surface area contributed by atoms with E-state index in [4.69, 9.17) is 10.1 Å². The lowest BCUT2D eigenvalue weighted by molar-refractivity contribution is 0.0697. The molecular weight excluding hydrogens is 344 g/mol. The molecule has 3 rings (SSSR count). The van der Waals surface area contributed by atoms with E-state index in [9.17, 15) is 4.79 Å². The Hall–Kier alpha value is -2.66. The van der Waals surface area contributed by atoms with E-state index >= 15 is 0 Å². The predicted molar refractivity (Wildman–Crippen MR) is 108 cm³/mol. The van der Waals surface area contributed by atoms with Gasteiger partial charge in [-0.25, -0.2) is 9.78 Å². The fourth-order valence-corrected chi connectivity index (χ4v) is 3.92. The summed E-state index contributed by atoms with van der Waals surface area (Å²) < 4.78 is 0. The van der Waals surface area contributed by atoms with Crippen LogP contribution < -0.4 is 5.32 Å². The zero-order valence-corrected chi connectivity index (χ0v) is 16.0. The van der Waals surface area contributed by atoms with Gasteiger partial charge in [-0.1, -0.05) is 31.0 Å². The minimum atomic E-state index is -0.923. The molecule has 1 heterocycles. The van der Waals surface area contributed by atoms with Gasteiger partial charge in [-0.2, -0.15) is 0 Å². The molecule has 4 nitrogen and oxygen atoms in total. The Morgan fingerprint density at radius 2 is 1.88 bits per heavy atom. The number of hydrogen-bond donors (Lipinski definition) is 2. The first kappa shape index (κ1) is 18.1. The van der Waals surface area contributed by atoms with Gasteiger partial charge in [-0.05, 0) is 56.2 Å². The molecule has 0 aliphatic rings. The lowest BCUT2D eigenvalue weighted by Gasteiger charge is -2.06. The minimum absolute atomic E-state index is 0.275. The van der Waals surface area contributed by atoms with Gasteiger partial charge in [0, 0.05) is 16.1 Å². The largest absolute Gasteiger partial charge is 0.478 e. The molecule has 0 fully saturated rings. The van der Waals surface area contributed by atoms with Crippen LogP contribution in [0.4, 0.5) is 10.8 Å². The van der Waals surface area contributed by atoms with E-state index in [2.05, 4.69) is 44.3 Å². The molecule has 1 aromatic heterocycles. The Bertz CT molecular complexity index is 930. The fourth-order valence-electron chi connectivity index (χ4n) is 2.82. The Labute approximate surface area is 157 Å². The molecular formula is C21H22N2O2S. The van der Waals surface area contributed by atoms with E-state index < -0.39 is 5.97 Å². The van der Waals surface area contributed by atoms with Crippen LogP contribution in [0.2, 0.25) is 0 Å². The van der Waals surface area contributed by atoms with E-state index in [1.807, 2.05) is 0 Å². The summed E-state index contributed by atoms with van der Waals surface area (Å²) in [5.41, 5.74) is 5.77. The van der Waals surface area contributed by atoms with E-state index in [-0.39, 0.29) is 5.56 Å². The molecule has 0 saturated heterocycles. The number of rotatable bonds is 6. The van der Waals surface area contributed by atoms with Crippen LogP contribution in [0, 0.1) is 13.8 Å². The number of aromatic carboxylic acids is 1. The number of thiazole rings is 1. The third-order valence-electron chi connectivity index (χ3n) is 4.21. The summed E-state index contributed by atoms with van der Waals surface area (Å²) in [5.74, 6) is -0.923. The zero-order valence-electron chi connectivity index (χ0n) is 15.2. The molecule has 2 aromatic carbocycles. The summed E-state index contributed by atoms with van der Waals surface area (Å²) in [6.07, 6.45) is 2.05. The molecule has 0 unspecified atom stereocenters. The first-order valence-electron chi connectivity index (χ1n) is 8.65. The van der Waals surface area contributed by atoms with Crippen molar-refractivity contribution in [3.63, 3.8) is 0 Å². The highest BCUT2D eigenvalue weighted by atomic mass is 32.1. The van der Waals surface area contributed by atoms with Gasteiger partial charge < -0.3 is 10.4 Å². The SMILES string of the molecule is CCCc1sc(Nc2ccc(C(=O)O)cc2)nc1-c1cc(C)ccc1C. The van der Waals surface area contributed by atoms with E-state index in [0.29, 0.717) is 0 Å². The van der Waals surface area contributed by atoms with Gasteiger partial charge in [0.05, 0.1) is 11.3 Å². The molecule has 0 saturated carbocycles. The van der Waals surface area contributed by atoms with Crippen LogP contribution in [0.1, 0.15) is 39.7 Å². The molecule has 0 aliphatic carbocycles. The van der Waals surface area contributed by atoms with Crippen LogP contribution >= 0.6 is 11.3 Å². The lowest BCUT2D eigenvalue weighted by atomic mass is 10.0. The molecule has 0 atom stereocenters. The van der Waals surface area contributed by atoms with Crippen LogP contribution in [0.25, 0.3) is 11.3 Å². The van der Waals surface area contributed by atoms with Gasteiger partial charge >= 0.3 is 5.97 Å². The van der Waals surface area contributed by atoms with Crippen LogP contribution in [0.5, 0.6) is 0 Å². The summed E-state index contributed by atoms with van der Waals surface area (Å²) >= 11 is 1.66. The smallest absolute Gasteiger partial charge is 0.335 e. The number of nitrogens with zero attached hydrogens (tertiary/aromatic N) is 1. The second kappa shape index (κ2) is 7.70. The average Bonchev–Trinajstić information content (AvgIpc) is 3.00. The van der Waals surface area contributed by atoms with E-state index in [1.54, 1.807) is 35.6 Å². The number of anilines is 2. The summed E-state index contributed by atoms with van der Waals surface area (Å²) in [7, 11) is 0. The molecule has 0 spiro atoms. The van der Waals surface area contributed by atoms with Crippen molar-refractivity contribution in [3.8, 4) is 11.3 Å². The summed E-state index contributed by atoms with van der Waals surface area (Å²) in [6, 6.07) is 13.2. The van der Waals surface area contributed by atoms with Crippen LogP contribution in [-0.4, -0.2) is 16.1 Å². The van der Waals surface area contributed by atoms with Crippen molar-refractivity contribution in [3.05, 3.63) is 64.0 Å². The average molecular weight is 366 g/mol. The normalized spacial score (nSPS) is 10.7. The van der Waals surface area contributed by atoms with Gasteiger partial charge in [0.25, 0.3) is 0 Å². The van der Waals surface area contributed by atoms with Crippen LogP contribution in [0.3, 0.4) is 0 Å². The molecule has 0 bridgehead atoms. The number of aromatic nitrogens is 1. The van der Waals surface area contributed by atoms with Crippen molar-refractivity contribution in [2.45, 2.75) is 33.6 Å². The molecule has 134 valence electrons. The maximum atomic E-state index is 11.0. The minimum Gasteiger partial charge on any atom is -0.478 e. The Morgan fingerprint density at radius 1 is 1.15 bits per heavy atom. The molecule has 0 aliphatic heterocycles. The molecule has 3 aromatic rings. The van der Waals surface area contributed by atoms with E-state index in [1.165, 1.54) is 21.6 Å². The summed E-state index contributed by atoms with van der Waals surface area (Å²) in [4.78, 5) is 17.1. The van der Waals surface area contributed by atoms with Crippen LogP contribution in [0.15, 0.2) is 42.5 Å². The maximum absolute atomic E-state index is 11.0. The monoisotopic (exact) mass is 366 g/mol. The number of carboxylic acid groups (broad SMARTS) is 1. The predicted octanol–water partition coefficient (Wildman–Crippen LogP) is 5.82. The fraction of sp³-hybridized carbons (Fsp3) is 0.238.